The number of fused-ring (bicyclic) bond motifs is 1. The van der Waals surface area contributed by atoms with Crippen molar-refractivity contribution in [2.75, 3.05) is 33.9 Å². The molecule has 0 saturated carbocycles. The molecule has 1 unspecified atom stereocenters. The number of aromatic nitrogens is 2. The molecule has 6 nitrogen and oxygen atoms in total. The maximum absolute atomic E-state index is 5.52. The number of benzene rings is 1. The van der Waals surface area contributed by atoms with Crippen molar-refractivity contribution in [3.05, 3.63) is 41.2 Å². The fraction of sp³-hybridized carbons (Fsp3) is 0.591. The highest BCUT2D eigenvalue weighted by Crippen LogP contribution is 2.34. The lowest BCUT2D eigenvalue weighted by molar-refractivity contribution is 0.0837. The first kappa shape index (κ1) is 19.3. The second-order valence-corrected chi connectivity index (χ2v) is 7.93. The first-order valence-electron chi connectivity index (χ1n) is 10.4. The number of methoxy groups -OCH3 is 2. The lowest BCUT2D eigenvalue weighted by Gasteiger charge is -2.41. The van der Waals surface area contributed by atoms with Gasteiger partial charge in [-0.25, -0.2) is 0 Å². The predicted octanol–water partition coefficient (Wildman–Crippen LogP) is 2.94. The predicted molar refractivity (Wildman–Crippen MR) is 110 cm³/mol. The summed E-state index contributed by atoms with van der Waals surface area (Å²) in [6, 6.07) is 4.95. The molecule has 1 saturated heterocycles. The first-order chi connectivity index (χ1) is 13.7. The van der Waals surface area contributed by atoms with Crippen LogP contribution in [0.2, 0.25) is 0 Å². The minimum atomic E-state index is 0.621. The highest BCUT2D eigenvalue weighted by atomic mass is 16.5. The van der Waals surface area contributed by atoms with E-state index in [0.29, 0.717) is 6.04 Å². The third kappa shape index (κ3) is 4.03. The summed E-state index contributed by atoms with van der Waals surface area (Å²) in [6.07, 6.45) is 7.83. The van der Waals surface area contributed by atoms with Crippen LogP contribution >= 0.6 is 0 Å². The van der Waals surface area contributed by atoms with Gasteiger partial charge in [-0.2, -0.15) is 5.10 Å². The Morgan fingerprint density at radius 2 is 1.89 bits per heavy atom. The molecule has 28 heavy (non-hydrogen) atoms. The van der Waals surface area contributed by atoms with Crippen molar-refractivity contribution in [3.8, 4) is 11.5 Å². The van der Waals surface area contributed by atoms with Crippen molar-refractivity contribution in [1.29, 1.82) is 0 Å². The van der Waals surface area contributed by atoms with Crippen LogP contribution in [0, 0.1) is 0 Å². The summed E-state index contributed by atoms with van der Waals surface area (Å²) in [7, 11) is 3.42. The number of hydrogen-bond acceptors (Lipinski definition) is 5. The molecule has 1 aromatic carbocycles. The Balaban J connectivity index is 1.42. The highest BCUT2D eigenvalue weighted by Gasteiger charge is 2.29. The van der Waals surface area contributed by atoms with Crippen LogP contribution in [0.25, 0.3) is 0 Å². The summed E-state index contributed by atoms with van der Waals surface area (Å²) in [5, 5.41) is 4.42. The van der Waals surface area contributed by atoms with Crippen LogP contribution in [-0.2, 0) is 26.1 Å². The van der Waals surface area contributed by atoms with E-state index in [-0.39, 0.29) is 0 Å². The molecule has 0 amide bonds. The Hall–Kier alpha value is -2.05. The lowest BCUT2D eigenvalue weighted by Crippen LogP contribution is -2.49. The Bertz CT molecular complexity index is 804. The van der Waals surface area contributed by atoms with Gasteiger partial charge in [-0.3, -0.25) is 14.5 Å². The van der Waals surface area contributed by atoms with E-state index in [1.807, 2.05) is 10.9 Å². The first-order valence-corrected chi connectivity index (χ1v) is 10.4. The van der Waals surface area contributed by atoms with E-state index in [2.05, 4.69) is 40.2 Å². The number of nitrogens with zero attached hydrogens (tertiary/aromatic N) is 4. The molecule has 4 rings (SSSR count). The van der Waals surface area contributed by atoms with Gasteiger partial charge in [-0.05, 0) is 56.0 Å². The minimum absolute atomic E-state index is 0.621. The molecule has 3 heterocycles. The third-order valence-corrected chi connectivity index (χ3v) is 6.16. The molecule has 2 aromatic rings. The monoisotopic (exact) mass is 384 g/mol. The van der Waals surface area contributed by atoms with E-state index in [4.69, 9.17) is 9.47 Å². The van der Waals surface area contributed by atoms with E-state index < -0.39 is 0 Å². The topological polar surface area (TPSA) is 42.8 Å². The SMILES string of the molecule is CCn1cc(CN2CCCC(N3CCc4cc(OC)c(OC)cc4C3)C2)cn1. The van der Waals surface area contributed by atoms with Gasteiger partial charge >= 0.3 is 0 Å². The number of likely N-dealkylation sites (tertiary alicyclic amines) is 1. The van der Waals surface area contributed by atoms with Gasteiger partial charge in [0, 0.05) is 50.5 Å². The normalized spacial score (nSPS) is 20.8. The number of ether oxygens (including phenoxy) is 2. The molecule has 0 aliphatic carbocycles. The Morgan fingerprint density at radius 1 is 1.11 bits per heavy atom. The van der Waals surface area contributed by atoms with Crippen molar-refractivity contribution >= 4 is 0 Å². The minimum Gasteiger partial charge on any atom is -0.493 e. The summed E-state index contributed by atoms with van der Waals surface area (Å²) in [5.74, 6) is 1.67. The zero-order valence-electron chi connectivity index (χ0n) is 17.4. The van der Waals surface area contributed by atoms with Crippen LogP contribution in [0.15, 0.2) is 24.5 Å². The fourth-order valence-corrected chi connectivity index (χ4v) is 4.61. The summed E-state index contributed by atoms with van der Waals surface area (Å²) in [4.78, 5) is 5.26. The van der Waals surface area contributed by atoms with Crippen LogP contribution in [0.5, 0.6) is 11.5 Å². The van der Waals surface area contributed by atoms with Crippen molar-refractivity contribution < 1.29 is 9.47 Å². The number of piperidine rings is 1. The molecule has 152 valence electrons. The van der Waals surface area contributed by atoms with Crippen LogP contribution in [-0.4, -0.2) is 59.5 Å². The molecule has 1 atom stereocenters. The van der Waals surface area contributed by atoms with Crippen LogP contribution < -0.4 is 9.47 Å². The van der Waals surface area contributed by atoms with Crippen LogP contribution in [0.4, 0.5) is 0 Å². The molecular formula is C22H32N4O2. The van der Waals surface area contributed by atoms with E-state index in [1.54, 1.807) is 14.2 Å². The van der Waals surface area contributed by atoms with E-state index in [0.717, 1.165) is 50.6 Å². The Morgan fingerprint density at radius 3 is 2.61 bits per heavy atom. The van der Waals surface area contributed by atoms with Crippen LogP contribution in [0.3, 0.4) is 0 Å². The molecule has 0 bridgehead atoms. The van der Waals surface area contributed by atoms with Gasteiger partial charge in [-0.15, -0.1) is 0 Å². The molecular weight excluding hydrogens is 352 g/mol. The molecule has 1 aromatic heterocycles. The second-order valence-electron chi connectivity index (χ2n) is 7.93. The van der Waals surface area contributed by atoms with Gasteiger partial charge in [0.1, 0.15) is 0 Å². The number of rotatable bonds is 6. The Labute approximate surface area is 168 Å². The largest absolute Gasteiger partial charge is 0.493 e. The van der Waals surface area contributed by atoms with Gasteiger partial charge in [-0.1, -0.05) is 0 Å². The average Bonchev–Trinajstić information content (AvgIpc) is 3.20. The maximum atomic E-state index is 5.52. The van der Waals surface area contributed by atoms with Crippen LogP contribution in [0.1, 0.15) is 36.5 Å². The number of hydrogen-bond donors (Lipinski definition) is 0. The molecule has 0 N–H and O–H groups in total. The Kier molecular flexibility index (Phi) is 5.87. The zero-order chi connectivity index (χ0) is 19.5. The molecule has 1 fully saturated rings. The molecule has 0 radical (unpaired) electrons. The molecule has 2 aliphatic rings. The fourth-order valence-electron chi connectivity index (χ4n) is 4.61. The lowest BCUT2D eigenvalue weighted by atomic mass is 9.95. The summed E-state index contributed by atoms with van der Waals surface area (Å²) >= 11 is 0. The van der Waals surface area contributed by atoms with Gasteiger partial charge in [0.05, 0.1) is 20.4 Å². The van der Waals surface area contributed by atoms with Crippen molar-refractivity contribution in [3.63, 3.8) is 0 Å². The van der Waals surface area contributed by atoms with E-state index in [1.165, 1.54) is 36.1 Å². The average molecular weight is 385 g/mol. The van der Waals surface area contributed by atoms with E-state index >= 15 is 0 Å². The van der Waals surface area contributed by atoms with Gasteiger partial charge in [0.25, 0.3) is 0 Å². The smallest absolute Gasteiger partial charge is 0.161 e. The maximum Gasteiger partial charge on any atom is 0.161 e. The van der Waals surface area contributed by atoms with E-state index in [9.17, 15) is 0 Å². The molecule has 2 aliphatic heterocycles. The summed E-state index contributed by atoms with van der Waals surface area (Å²) < 4.78 is 13.0. The van der Waals surface area contributed by atoms with Gasteiger partial charge in [0.15, 0.2) is 11.5 Å². The summed E-state index contributed by atoms with van der Waals surface area (Å²) in [5.41, 5.74) is 4.10. The molecule has 6 heteroatoms. The molecule has 0 spiro atoms. The van der Waals surface area contributed by atoms with Crippen molar-refractivity contribution in [1.82, 2.24) is 19.6 Å². The van der Waals surface area contributed by atoms with Gasteiger partial charge < -0.3 is 9.47 Å². The zero-order valence-corrected chi connectivity index (χ0v) is 17.4. The quantitative estimate of drug-likeness (QED) is 0.766. The van der Waals surface area contributed by atoms with Crippen molar-refractivity contribution in [2.45, 2.75) is 51.9 Å². The third-order valence-electron chi connectivity index (χ3n) is 6.16. The standard InChI is InChI=1S/C22H32N4O2/c1-4-26-14-17(12-23-26)13-24-8-5-6-20(16-24)25-9-7-18-10-21(27-2)22(28-3)11-19(18)15-25/h10-12,14,20H,4-9,13,15-16H2,1-3H3. The number of aryl methyl sites for hydroxylation is 1. The van der Waals surface area contributed by atoms with Gasteiger partial charge in [0.2, 0.25) is 0 Å². The van der Waals surface area contributed by atoms with Crippen molar-refractivity contribution in [2.24, 2.45) is 0 Å². The highest BCUT2D eigenvalue weighted by molar-refractivity contribution is 5.48. The second kappa shape index (κ2) is 8.53. The summed E-state index contributed by atoms with van der Waals surface area (Å²) in [6.45, 7) is 8.52.